The first kappa shape index (κ1) is 24.4. The molecule has 0 N–H and O–H groups in total. The van der Waals surface area contributed by atoms with Crippen LogP contribution in [0.2, 0.25) is 0 Å². The number of benzene rings is 3. The Bertz CT molecular complexity index is 1320. The van der Waals surface area contributed by atoms with Gasteiger partial charge in [-0.1, -0.05) is 42.5 Å². The van der Waals surface area contributed by atoms with Gasteiger partial charge in [0.15, 0.2) is 22.4 Å². The van der Waals surface area contributed by atoms with Crippen molar-refractivity contribution >= 4 is 34.6 Å². The van der Waals surface area contributed by atoms with Crippen LogP contribution in [0.25, 0.3) is 16.0 Å². The molecule has 7 heteroatoms. The van der Waals surface area contributed by atoms with Crippen LogP contribution in [-0.2, 0) is 4.79 Å². The second-order valence-corrected chi connectivity index (χ2v) is 9.29. The number of ether oxygens (including phenoxy) is 1. The number of carbonyl (C=O) groups is 1. The molecule has 5 nitrogen and oxygen atoms in total. The summed E-state index contributed by atoms with van der Waals surface area (Å²) in [5, 5.41) is 0.411. The predicted molar refractivity (Wildman–Crippen MR) is 140 cm³/mol. The molecule has 3 aromatic carbocycles. The van der Waals surface area contributed by atoms with Crippen LogP contribution in [0.15, 0.2) is 66.7 Å². The van der Waals surface area contributed by atoms with Gasteiger partial charge in [0.05, 0.1) is 13.2 Å². The van der Waals surface area contributed by atoms with Crippen molar-refractivity contribution in [2.45, 2.75) is 32.7 Å². The monoisotopic (exact) mass is 487 g/mol. The Kier molecular flexibility index (Phi) is 6.86. The highest BCUT2D eigenvalue weighted by molar-refractivity contribution is 7.80. The molecule has 0 bridgehead atoms. The van der Waals surface area contributed by atoms with Crippen molar-refractivity contribution in [1.29, 1.82) is 0 Å². The van der Waals surface area contributed by atoms with Crippen molar-refractivity contribution in [2.24, 2.45) is 0 Å². The van der Waals surface area contributed by atoms with Gasteiger partial charge in [-0.15, -0.1) is 0 Å². The first-order valence-corrected chi connectivity index (χ1v) is 11.8. The first-order valence-electron chi connectivity index (χ1n) is 11.4. The van der Waals surface area contributed by atoms with E-state index in [4.69, 9.17) is 23.5 Å². The summed E-state index contributed by atoms with van der Waals surface area (Å²) >= 11 is 5.67. The molecular weight excluding hydrogens is 461 g/mol. The number of amides is 1. The second-order valence-electron chi connectivity index (χ2n) is 8.93. The van der Waals surface area contributed by atoms with Crippen molar-refractivity contribution in [1.82, 2.24) is 4.90 Å². The maximum atomic E-state index is 14.6. The second kappa shape index (κ2) is 9.85. The highest BCUT2D eigenvalue weighted by Gasteiger charge is 2.49. The minimum absolute atomic E-state index is 0.124. The summed E-state index contributed by atoms with van der Waals surface area (Å²) in [7, 11) is 0. The minimum Gasteiger partial charge on any atom is -0.490 e. The number of anilines is 1. The smallest absolute Gasteiger partial charge is 0.258 e. The molecule has 1 heterocycles. The Morgan fingerprint density at radius 1 is 1.06 bits per heavy atom. The van der Waals surface area contributed by atoms with Crippen LogP contribution >= 0.6 is 12.2 Å². The lowest BCUT2D eigenvalue weighted by Crippen LogP contribution is -2.44. The van der Waals surface area contributed by atoms with Crippen LogP contribution in [0.5, 0.6) is 5.75 Å². The molecule has 0 aromatic heterocycles. The number of hydrogen-bond acceptors (Lipinski definition) is 3. The van der Waals surface area contributed by atoms with E-state index in [1.807, 2.05) is 68.1 Å². The lowest BCUT2D eigenvalue weighted by molar-refractivity contribution is -0.123. The van der Waals surface area contributed by atoms with Crippen molar-refractivity contribution in [3.8, 4) is 16.9 Å². The van der Waals surface area contributed by atoms with Gasteiger partial charge in [0.2, 0.25) is 0 Å². The molecular formula is C28H26FN3O2S. The summed E-state index contributed by atoms with van der Waals surface area (Å²) in [5.41, 5.74) is 2.89. The zero-order valence-corrected chi connectivity index (χ0v) is 20.7. The maximum Gasteiger partial charge on any atom is 0.258 e. The van der Waals surface area contributed by atoms with Gasteiger partial charge in [-0.25, -0.2) is 9.24 Å². The first-order chi connectivity index (χ1) is 16.7. The maximum absolute atomic E-state index is 14.6. The van der Waals surface area contributed by atoms with Gasteiger partial charge in [-0.2, -0.15) is 0 Å². The highest BCUT2D eigenvalue weighted by atomic mass is 32.1. The predicted octanol–water partition coefficient (Wildman–Crippen LogP) is 6.53. The number of hydrogen-bond donors (Lipinski definition) is 0. The molecule has 0 aliphatic carbocycles. The lowest BCUT2D eigenvalue weighted by atomic mass is 10.0. The number of rotatable bonds is 7. The summed E-state index contributed by atoms with van der Waals surface area (Å²) in [5.74, 6) is -0.343. The van der Waals surface area contributed by atoms with Gasteiger partial charge in [0.25, 0.3) is 5.91 Å². The summed E-state index contributed by atoms with van der Waals surface area (Å²) in [4.78, 5) is 20.1. The standard InChI is InChI=1S/C28H26FN3O2S/c1-19-17-22(12-13-24(19)30-4)32-26(33)28(2,3)31(27(32)35)15-8-16-34-25-14-11-21(18-23(25)29)20-9-6-5-7-10-20/h5-7,9-14,17-18H,8,15-16H2,1-3H3. The third kappa shape index (κ3) is 4.75. The summed E-state index contributed by atoms with van der Waals surface area (Å²) in [6, 6.07) is 19.8. The molecule has 4 rings (SSSR count). The van der Waals surface area contributed by atoms with E-state index in [0.717, 1.165) is 16.7 Å². The zero-order chi connectivity index (χ0) is 25.2. The van der Waals surface area contributed by atoms with Crippen molar-refractivity contribution < 1.29 is 13.9 Å². The third-order valence-corrected chi connectivity index (χ3v) is 6.61. The molecule has 1 saturated heterocycles. The van der Waals surface area contributed by atoms with Crippen molar-refractivity contribution in [2.75, 3.05) is 18.1 Å². The van der Waals surface area contributed by atoms with Crippen molar-refractivity contribution in [3.05, 3.63) is 89.5 Å². The number of thiocarbonyl (C=S) groups is 1. The summed E-state index contributed by atoms with van der Waals surface area (Å²) in [6.07, 6.45) is 0.556. The molecule has 0 radical (unpaired) electrons. The van der Waals surface area contributed by atoms with Crippen LogP contribution in [0, 0.1) is 19.3 Å². The average molecular weight is 488 g/mol. The molecule has 3 aromatic rings. The lowest BCUT2D eigenvalue weighted by Gasteiger charge is -2.29. The Morgan fingerprint density at radius 3 is 2.46 bits per heavy atom. The van der Waals surface area contributed by atoms with E-state index in [1.165, 1.54) is 11.0 Å². The van der Waals surface area contributed by atoms with Crippen LogP contribution in [0.1, 0.15) is 25.8 Å². The van der Waals surface area contributed by atoms with E-state index < -0.39 is 11.4 Å². The van der Waals surface area contributed by atoms with Gasteiger partial charge in [0, 0.05) is 12.2 Å². The van der Waals surface area contributed by atoms with Gasteiger partial charge in [-0.05, 0) is 80.4 Å². The normalized spacial score (nSPS) is 14.8. The molecule has 0 saturated carbocycles. The third-order valence-electron chi connectivity index (χ3n) is 6.21. The van der Waals surface area contributed by atoms with E-state index >= 15 is 0 Å². The minimum atomic E-state index is -0.827. The molecule has 35 heavy (non-hydrogen) atoms. The quantitative estimate of drug-likeness (QED) is 0.216. The highest BCUT2D eigenvalue weighted by Crippen LogP contribution is 2.34. The topological polar surface area (TPSA) is 37.1 Å². The number of nitrogens with zero attached hydrogens (tertiary/aromatic N) is 3. The van der Waals surface area contributed by atoms with E-state index in [-0.39, 0.29) is 18.3 Å². The summed E-state index contributed by atoms with van der Waals surface area (Å²) in [6.45, 7) is 13.5. The largest absolute Gasteiger partial charge is 0.490 e. The molecule has 1 amide bonds. The molecule has 0 atom stereocenters. The SMILES string of the molecule is [C-]#[N+]c1ccc(N2C(=O)C(C)(C)N(CCCOc3ccc(-c4ccccc4)cc3F)C2=S)cc1C. The summed E-state index contributed by atoms with van der Waals surface area (Å²) < 4.78 is 20.3. The van der Waals surface area contributed by atoms with E-state index in [0.29, 0.717) is 29.5 Å². The number of halogens is 1. The Hall–Kier alpha value is -3.76. The van der Waals surface area contributed by atoms with Crippen LogP contribution in [0.4, 0.5) is 15.8 Å². The van der Waals surface area contributed by atoms with E-state index in [1.54, 1.807) is 18.2 Å². The Balaban J connectivity index is 1.40. The molecule has 1 fully saturated rings. The van der Waals surface area contributed by atoms with Crippen LogP contribution in [0.3, 0.4) is 0 Å². The molecule has 0 spiro atoms. The fourth-order valence-electron chi connectivity index (χ4n) is 4.18. The van der Waals surface area contributed by atoms with Crippen LogP contribution in [-0.4, -0.2) is 34.6 Å². The van der Waals surface area contributed by atoms with E-state index in [2.05, 4.69) is 4.85 Å². The molecule has 0 unspecified atom stereocenters. The van der Waals surface area contributed by atoms with Crippen LogP contribution < -0.4 is 9.64 Å². The molecule has 1 aliphatic heterocycles. The Labute approximate surface area is 210 Å². The Morgan fingerprint density at radius 2 is 1.80 bits per heavy atom. The van der Waals surface area contributed by atoms with E-state index in [9.17, 15) is 9.18 Å². The molecule has 178 valence electrons. The van der Waals surface area contributed by atoms with Crippen molar-refractivity contribution in [3.63, 3.8) is 0 Å². The van der Waals surface area contributed by atoms with Gasteiger partial charge in [0.1, 0.15) is 5.54 Å². The fraction of sp³-hybridized carbons (Fsp3) is 0.250. The van der Waals surface area contributed by atoms with Gasteiger partial charge < -0.3 is 9.64 Å². The zero-order valence-electron chi connectivity index (χ0n) is 19.9. The number of aryl methyl sites for hydroxylation is 1. The van der Waals surface area contributed by atoms with Gasteiger partial charge >= 0.3 is 0 Å². The fourth-order valence-corrected chi connectivity index (χ4v) is 4.68. The number of carbonyl (C=O) groups excluding carboxylic acids is 1. The average Bonchev–Trinajstić information content (AvgIpc) is 3.01. The molecule has 1 aliphatic rings. The van der Waals surface area contributed by atoms with Gasteiger partial charge in [-0.3, -0.25) is 9.69 Å².